The second-order valence-electron chi connectivity index (χ2n) is 4.95. The molecule has 1 amide bonds. The third-order valence-electron chi connectivity index (χ3n) is 3.40. The summed E-state index contributed by atoms with van der Waals surface area (Å²) in [4.78, 5) is 26.0. The molecule has 4 rings (SSSR count). The number of carbonyl (C=O) groups is 1. The number of rotatable bonds is 2. The van der Waals surface area contributed by atoms with Gasteiger partial charge in [-0.05, 0) is 46.3 Å². The van der Waals surface area contributed by atoms with Crippen LogP contribution in [0.15, 0.2) is 60.6 Å². The van der Waals surface area contributed by atoms with Crippen LogP contribution >= 0.6 is 15.9 Å². The van der Waals surface area contributed by atoms with Gasteiger partial charge in [0.2, 0.25) is 0 Å². The van der Waals surface area contributed by atoms with Crippen LogP contribution in [-0.4, -0.2) is 10.9 Å². The van der Waals surface area contributed by atoms with Gasteiger partial charge in [0.15, 0.2) is 11.3 Å². The lowest BCUT2D eigenvalue weighted by Crippen LogP contribution is -2.10. The number of anilines is 1. The number of benzene rings is 2. The maximum atomic E-state index is 12.3. The van der Waals surface area contributed by atoms with Crippen molar-refractivity contribution in [1.82, 2.24) is 4.98 Å². The SMILES string of the molecule is O=C(Nc1ccc2oc(=O)[nH]c2c1)c1cc2cccc(Br)c2o1. The number of carbonyl (C=O) groups excluding carboxylic acids is 1. The third kappa shape index (κ3) is 2.44. The van der Waals surface area contributed by atoms with Crippen LogP contribution in [0.4, 0.5) is 5.69 Å². The van der Waals surface area contributed by atoms with Crippen LogP contribution in [-0.2, 0) is 0 Å². The molecule has 23 heavy (non-hydrogen) atoms. The summed E-state index contributed by atoms with van der Waals surface area (Å²) in [7, 11) is 0. The zero-order valence-corrected chi connectivity index (χ0v) is 13.1. The smallest absolute Gasteiger partial charge is 0.417 e. The third-order valence-corrected chi connectivity index (χ3v) is 4.02. The van der Waals surface area contributed by atoms with E-state index in [2.05, 4.69) is 26.2 Å². The van der Waals surface area contributed by atoms with E-state index in [-0.39, 0.29) is 11.7 Å². The van der Waals surface area contributed by atoms with Gasteiger partial charge < -0.3 is 14.2 Å². The van der Waals surface area contributed by atoms with E-state index in [9.17, 15) is 9.59 Å². The molecule has 2 heterocycles. The van der Waals surface area contributed by atoms with E-state index >= 15 is 0 Å². The number of oxazole rings is 1. The quantitative estimate of drug-likeness (QED) is 0.558. The number of furan rings is 1. The Morgan fingerprint density at radius 2 is 2.00 bits per heavy atom. The second kappa shape index (κ2) is 5.13. The van der Waals surface area contributed by atoms with Crippen LogP contribution in [0.5, 0.6) is 0 Å². The molecule has 0 saturated carbocycles. The average molecular weight is 373 g/mol. The Hall–Kier alpha value is -2.80. The van der Waals surface area contributed by atoms with Crippen LogP contribution in [0, 0.1) is 0 Å². The van der Waals surface area contributed by atoms with Crippen LogP contribution in [0.3, 0.4) is 0 Å². The van der Waals surface area contributed by atoms with Crippen molar-refractivity contribution in [3.8, 4) is 0 Å². The molecule has 4 aromatic rings. The van der Waals surface area contributed by atoms with Gasteiger partial charge in [-0.2, -0.15) is 0 Å². The van der Waals surface area contributed by atoms with Gasteiger partial charge in [-0.15, -0.1) is 0 Å². The van der Waals surface area contributed by atoms with Crippen molar-refractivity contribution < 1.29 is 13.6 Å². The summed E-state index contributed by atoms with van der Waals surface area (Å²) < 4.78 is 11.3. The number of aromatic nitrogens is 1. The Morgan fingerprint density at radius 3 is 2.83 bits per heavy atom. The van der Waals surface area contributed by atoms with E-state index in [1.165, 1.54) is 0 Å². The molecule has 0 saturated heterocycles. The van der Waals surface area contributed by atoms with Gasteiger partial charge in [0.25, 0.3) is 5.91 Å². The van der Waals surface area contributed by atoms with Gasteiger partial charge in [0, 0.05) is 11.1 Å². The maximum absolute atomic E-state index is 12.3. The Bertz CT molecular complexity index is 1110. The molecule has 0 aliphatic heterocycles. The van der Waals surface area contributed by atoms with Gasteiger partial charge in [-0.25, -0.2) is 4.79 Å². The predicted molar refractivity (Wildman–Crippen MR) is 88.7 cm³/mol. The maximum Gasteiger partial charge on any atom is 0.417 e. The highest BCUT2D eigenvalue weighted by Crippen LogP contribution is 2.27. The first-order chi connectivity index (χ1) is 11.1. The molecular formula is C16H9BrN2O4. The summed E-state index contributed by atoms with van der Waals surface area (Å²) >= 11 is 3.39. The summed E-state index contributed by atoms with van der Waals surface area (Å²) in [5.41, 5.74) is 2.09. The first-order valence-electron chi connectivity index (χ1n) is 6.72. The van der Waals surface area contributed by atoms with E-state index < -0.39 is 5.76 Å². The fourth-order valence-corrected chi connectivity index (χ4v) is 2.82. The fraction of sp³-hybridized carbons (Fsp3) is 0. The summed E-state index contributed by atoms with van der Waals surface area (Å²) in [6, 6.07) is 12.1. The number of nitrogens with one attached hydrogen (secondary N) is 2. The minimum atomic E-state index is -0.536. The summed E-state index contributed by atoms with van der Waals surface area (Å²) in [5, 5.41) is 3.56. The molecule has 0 radical (unpaired) electrons. The molecule has 0 atom stereocenters. The number of hydrogen-bond donors (Lipinski definition) is 2. The minimum Gasteiger partial charge on any atom is -0.450 e. The molecule has 0 aliphatic carbocycles. The number of amides is 1. The molecule has 2 N–H and O–H groups in total. The van der Waals surface area contributed by atoms with Crippen molar-refractivity contribution in [1.29, 1.82) is 0 Å². The second-order valence-corrected chi connectivity index (χ2v) is 5.80. The van der Waals surface area contributed by atoms with Crippen molar-refractivity contribution in [3.63, 3.8) is 0 Å². The number of fused-ring (bicyclic) bond motifs is 2. The summed E-state index contributed by atoms with van der Waals surface area (Å²) in [6.45, 7) is 0. The number of aromatic amines is 1. The minimum absolute atomic E-state index is 0.202. The average Bonchev–Trinajstić information content (AvgIpc) is 3.10. The topological polar surface area (TPSA) is 88.2 Å². The summed E-state index contributed by atoms with van der Waals surface area (Å²) in [6.07, 6.45) is 0. The Balaban J connectivity index is 1.67. The van der Waals surface area contributed by atoms with Gasteiger partial charge in [-0.3, -0.25) is 9.78 Å². The van der Waals surface area contributed by atoms with Crippen LogP contribution < -0.4 is 11.1 Å². The molecule has 114 valence electrons. The van der Waals surface area contributed by atoms with Gasteiger partial charge >= 0.3 is 5.76 Å². The lowest BCUT2D eigenvalue weighted by molar-refractivity contribution is 0.0998. The highest BCUT2D eigenvalue weighted by molar-refractivity contribution is 9.10. The van der Waals surface area contributed by atoms with Crippen molar-refractivity contribution in [2.45, 2.75) is 0 Å². The summed E-state index contributed by atoms with van der Waals surface area (Å²) in [5.74, 6) is -0.711. The monoisotopic (exact) mass is 372 g/mol. The lowest BCUT2D eigenvalue weighted by Gasteiger charge is -2.02. The molecule has 6 nitrogen and oxygen atoms in total. The van der Waals surface area contributed by atoms with E-state index in [0.29, 0.717) is 22.4 Å². The van der Waals surface area contributed by atoms with E-state index in [1.54, 1.807) is 24.3 Å². The van der Waals surface area contributed by atoms with Gasteiger partial charge in [-0.1, -0.05) is 12.1 Å². The zero-order chi connectivity index (χ0) is 16.0. The van der Waals surface area contributed by atoms with Crippen molar-refractivity contribution in [2.24, 2.45) is 0 Å². The Kier molecular flexibility index (Phi) is 3.09. The number of para-hydroxylation sites is 1. The molecule has 0 aliphatic rings. The highest BCUT2D eigenvalue weighted by atomic mass is 79.9. The fourth-order valence-electron chi connectivity index (χ4n) is 2.36. The van der Waals surface area contributed by atoms with Crippen LogP contribution in [0.25, 0.3) is 22.1 Å². The predicted octanol–water partition coefficient (Wildman–Crippen LogP) is 3.88. The van der Waals surface area contributed by atoms with Crippen molar-refractivity contribution in [3.05, 3.63) is 63.2 Å². The van der Waals surface area contributed by atoms with E-state index in [0.717, 1.165) is 9.86 Å². The Morgan fingerprint density at radius 1 is 1.13 bits per heavy atom. The Labute approximate surface area is 137 Å². The molecule has 0 fully saturated rings. The number of H-pyrrole nitrogens is 1. The normalized spacial score (nSPS) is 11.2. The zero-order valence-electron chi connectivity index (χ0n) is 11.6. The van der Waals surface area contributed by atoms with Gasteiger partial charge in [0.05, 0.1) is 9.99 Å². The van der Waals surface area contributed by atoms with Gasteiger partial charge in [0.1, 0.15) is 5.58 Å². The van der Waals surface area contributed by atoms with Crippen molar-refractivity contribution >= 4 is 49.6 Å². The molecule has 2 aromatic carbocycles. The molecule has 2 aromatic heterocycles. The molecule has 7 heteroatoms. The van der Waals surface area contributed by atoms with Crippen molar-refractivity contribution in [2.75, 3.05) is 5.32 Å². The van der Waals surface area contributed by atoms with E-state index in [4.69, 9.17) is 8.83 Å². The van der Waals surface area contributed by atoms with Crippen LogP contribution in [0.2, 0.25) is 0 Å². The van der Waals surface area contributed by atoms with E-state index in [1.807, 2.05) is 18.2 Å². The number of hydrogen-bond acceptors (Lipinski definition) is 4. The first-order valence-corrected chi connectivity index (χ1v) is 7.52. The first kappa shape index (κ1) is 13.8. The number of halogens is 1. The standard InChI is InChI=1S/C16H9BrN2O4/c17-10-3-1-2-8-6-13(22-14(8)10)15(20)18-9-4-5-12-11(7-9)19-16(21)23-12/h1-7H,(H,18,20)(H,19,21). The molecule has 0 spiro atoms. The molecule has 0 bridgehead atoms. The molecular weight excluding hydrogens is 364 g/mol. The highest BCUT2D eigenvalue weighted by Gasteiger charge is 2.14. The largest absolute Gasteiger partial charge is 0.450 e. The lowest BCUT2D eigenvalue weighted by atomic mass is 10.2. The molecule has 0 unspecified atom stereocenters. The van der Waals surface area contributed by atoms with Crippen LogP contribution in [0.1, 0.15) is 10.6 Å².